The van der Waals surface area contributed by atoms with E-state index in [-0.39, 0.29) is 0 Å². The van der Waals surface area contributed by atoms with Crippen molar-refractivity contribution >= 4 is 27.2 Å². The van der Waals surface area contributed by atoms with E-state index in [1.165, 1.54) is 34.4 Å². The van der Waals surface area contributed by atoms with E-state index in [2.05, 4.69) is 40.6 Å². The molecule has 96 valence electrons. The van der Waals surface area contributed by atoms with Gasteiger partial charge in [-0.15, -0.1) is 0 Å². The van der Waals surface area contributed by atoms with Crippen molar-refractivity contribution < 1.29 is 0 Å². The summed E-state index contributed by atoms with van der Waals surface area (Å²) in [5.74, 6) is 0. The van der Waals surface area contributed by atoms with Crippen LogP contribution < -0.4 is 5.32 Å². The van der Waals surface area contributed by atoms with E-state index in [1.54, 1.807) is 11.3 Å². The van der Waals surface area contributed by atoms with Gasteiger partial charge < -0.3 is 10.3 Å². The number of nitrogens with one attached hydrogen (secondary N) is 2. The zero-order chi connectivity index (χ0) is 12.7. The fourth-order valence-corrected chi connectivity index (χ4v) is 3.59. The van der Waals surface area contributed by atoms with Crippen molar-refractivity contribution in [2.45, 2.75) is 19.3 Å². The summed E-state index contributed by atoms with van der Waals surface area (Å²) >= 11 is 1.76. The molecule has 0 saturated heterocycles. The molecule has 3 nitrogen and oxygen atoms in total. The summed E-state index contributed by atoms with van der Waals surface area (Å²) in [6.45, 7) is 1.07. The van der Waals surface area contributed by atoms with Gasteiger partial charge in [-0.2, -0.15) is 0 Å². The average Bonchev–Trinajstić information content (AvgIpc) is 2.97. The lowest BCUT2D eigenvalue weighted by atomic mass is 10.2. The van der Waals surface area contributed by atoms with Crippen molar-refractivity contribution in [2.24, 2.45) is 0 Å². The number of aryl methyl sites for hydroxylation is 1. The second kappa shape index (κ2) is 4.38. The molecule has 3 heterocycles. The number of hydrogen-bond donors (Lipinski definition) is 2. The number of H-pyrrole nitrogens is 1. The van der Waals surface area contributed by atoms with Crippen LogP contribution in [0, 0.1) is 0 Å². The molecule has 0 saturated carbocycles. The van der Waals surface area contributed by atoms with Crippen LogP contribution in [0.4, 0.5) is 5.00 Å². The van der Waals surface area contributed by atoms with Crippen molar-refractivity contribution in [1.82, 2.24) is 9.97 Å². The van der Waals surface area contributed by atoms with Gasteiger partial charge in [-0.3, -0.25) is 0 Å². The van der Waals surface area contributed by atoms with Crippen LogP contribution in [0.15, 0.2) is 30.3 Å². The van der Waals surface area contributed by atoms with E-state index in [4.69, 9.17) is 4.98 Å². The van der Waals surface area contributed by atoms with Gasteiger partial charge in [0.05, 0.1) is 11.4 Å². The Morgan fingerprint density at radius 2 is 2.11 bits per heavy atom. The summed E-state index contributed by atoms with van der Waals surface area (Å²) in [5.41, 5.74) is 3.54. The third kappa shape index (κ3) is 1.92. The first-order valence-corrected chi connectivity index (χ1v) is 7.53. The molecule has 1 aliphatic rings. The highest BCUT2D eigenvalue weighted by Gasteiger charge is 2.15. The maximum absolute atomic E-state index is 4.80. The van der Waals surface area contributed by atoms with Crippen LogP contribution in [0.5, 0.6) is 0 Å². The summed E-state index contributed by atoms with van der Waals surface area (Å²) in [6.07, 6.45) is 3.57. The Morgan fingerprint density at radius 3 is 3.05 bits per heavy atom. The SMILES string of the molecule is c1ccc2[nH]c(-c3nc4c(s3)NCCCC4)cc2c1. The Balaban J connectivity index is 1.79. The molecule has 0 radical (unpaired) electrons. The zero-order valence-corrected chi connectivity index (χ0v) is 11.4. The molecule has 1 aliphatic heterocycles. The fourth-order valence-electron chi connectivity index (χ4n) is 2.58. The van der Waals surface area contributed by atoms with Gasteiger partial charge in [-0.05, 0) is 31.4 Å². The Kier molecular flexibility index (Phi) is 2.55. The summed E-state index contributed by atoms with van der Waals surface area (Å²) in [7, 11) is 0. The number of para-hydroxylation sites is 1. The normalized spacial score (nSPS) is 14.9. The molecule has 0 bridgehead atoms. The summed E-state index contributed by atoms with van der Waals surface area (Å²) in [4.78, 5) is 8.26. The van der Waals surface area contributed by atoms with E-state index in [0.29, 0.717) is 0 Å². The Morgan fingerprint density at radius 1 is 1.16 bits per heavy atom. The Bertz CT molecular complexity index is 669. The highest BCUT2D eigenvalue weighted by Crippen LogP contribution is 2.34. The van der Waals surface area contributed by atoms with Crippen LogP contribution in [0.25, 0.3) is 21.6 Å². The van der Waals surface area contributed by atoms with E-state index in [9.17, 15) is 0 Å². The van der Waals surface area contributed by atoms with E-state index in [1.807, 2.05) is 0 Å². The number of thiazole rings is 1. The van der Waals surface area contributed by atoms with Gasteiger partial charge in [0, 0.05) is 17.4 Å². The summed E-state index contributed by atoms with van der Waals surface area (Å²) in [6, 6.07) is 10.6. The second-order valence-electron chi connectivity index (χ2n) is 4.95. The predicted molar refractivity (Wildman–Crippen MR) is 80.8 cm³/mol. The minimum atomic E-state index is 1.07. The molecule has 4 heteroatoms. The van der Waals surface area contributed by atoms with Gasteiger partial charge in [0.1, 0.15) is 10.0 Å². The van der Waals surface area contributed by atoms with Crippen molar-refractivity contribution in [3.63, 3.8) is 0 Å². The predicted octanol–water partition coefficient (Wildman–Crippen LogP) is 4.04. The monoisotopic (exact) mass is 269 g/mol. The standard InChI is InChI=1S/C15H15N3S/c1-2-6-11-10(5-1)9-13(17-11)15-18-12-7-3-4-8-16-14(12)19-15/h1-2,5-6,9,16-17H,3-4,7-8H2. The molecule has 2 aromatic heterocycles. The largest absolute Gasteiger partial charge is 0.375 e. The van der Waals surface area contributed by atoms with E-state index < -0.39 is 0 Å². The number of hydrogen-bond acceptors (Lipinski definition) is 3. The highest BCUT2D eigenvalue weighted by molar-refractivity contribution is 7.19. The minimum absolute atomic E-state index is 1.07. The van der Waals surface area contributed by atoms with Crippen LogP contribution in [0.3, 0.4) is 0 Å². The third-order valence-corrected chi connectivity index (χ3v) is 4.67. The van der Waals surface area contributed by atoms with Crippen molar-refractivity contribution in [3.05, 3.63) is 36.0 Å². The fraction of sp³-hybridized carbons (Fsp3) is 0.267. The number of fused-ring (bicyclic) bond motifs is 2. The van der Waals surface area contributed by atoms with Crippen molar-refractivity contribution in [1.29, 1.82) is 0 Å². The lowest BCUT2D eigenvalue weighted by molar-refractivity contribution is 0.775. The lowest BCUT2D eigenvalue weighted by Crippen LogP contribution is -1.96. The van der Waals surface area contributed by atoms with Gasteiger partial charge in [-0.25, -0.2) is 4.98 Å². The average molecular weight is 269 g/mol. The molecular formula is C15H15N3S. The first-order valence-electron chi connectivity index (χ1n) is 6.72. The topological polar surface area (TPSA) is 40.7 Å². The molecule has 3 aromatic rings. The molecule has 0 fully saturated rings. The maximum Gasteiger partial charge on any atom is 0.141 e. The Labute approximate surface area is 115 Å². The van der Waals surface area contributed by atoms with Crippen LogP contribution in [-0.2, 0) is 6.42 Å². The third-order valence-electron chi connectivity index (χ3n) is 3.58. The lowest BCUT2D eigenvalue weighted by Gasteiger charge is -1.96. The second-order valence-corrected chi connectivity index (χ2v) is 5.95. The van der Waals surface area contributed by atoms with E-state index in [0.717, 1.165) is 23.7 Å². The van der Waals surface area contributed by atoms with Gasteiger partial charge >= 0.3 is 0 Å². The van der Waals surface area contributed by atoms with Gasteiger partial charge in [-0.1, -0.05) is 29.5 Å². The van der Waals surface area contributed by atoms with Gasteiger partial charge in [0.25, 0.3) is 0 Å². The van der Waals surface area contributed by atoms with Crippen LogP contribution >= 0.6 is 11.3 Å². The first kappa shape index (κ1) is 11.1. The molecule has 4 rings (SSSR count). The molecule has 0 amide bonds. The van der Waals surface area contributed by atoms with Crippen molar-refractivity contribution in [2.75, 3.05) is 11.9 Å². The highest BCUT2D eigenvalue weighted by atomic mass is 32.1. The number of anilines is 1. The Hall–Kier alpha value is -1.81. The van der Waals surface area contributed by atoms with Crippen LogP contribution in [0.1, 0.15) is 18.5 Å². The number of aromatic nitrogens is 2. The molecule has 2 N–H and O–H groups in total. The number of rotatable bonds is 1. The molecule has 19 heavy (non-hydrogen) atoms. The molecule has 0 atom stereocenters. The summed E-state index contributed by atoms with van der Waals surface area (Å²) < 4.78 is 0. The number of nitrogens with zero attached hydrogens (tertiary/aromatic N) is 1. The molecule has 0 spiro atoms. The zero-order valence-electron chi connectivity index (χ0n) is 10.6. The van der Waals surface area contributed by atoms with Gasteiger partial charge in [0.2, 0.25) is 0 Å². The van der Waals surface area contributed by atoms with E-state index >= 15 is 0 Å². The quantitative estimate of drug-likeness (QED) is 0.700. The number of benzene rings is 1. The van der Waals surface area contributed by atoms with Crippen molar-refractivity contribution in [3.8, 4) is 10.7 Å². The van der Waals surface area contributed by atoms with Gasteiger partial charge in [0.15, 0.2) is 0 Å². The molecule has 1 aromatic carbocycles. The minimum Gasteiger partial charge on any atom is -0.375 e. The molecule has 0 aliphatic carbocycles. The molecular weight excluding hydrogens is 254 g/mol. The van der Waals surface area contributed by atoms with Crippen LogP contribution in [-0.4, -0.2) is 16.5 Å². The smallest absolute Gasteiger partial charge is 0.141 e. The van der Waals surface area contributed by atoms with Crippen LogP contribution in [0.2, 0.25) is 0 Å². The number of aromatic amines is 1. The first-order chi connectivity index (χ1) is 9.40. The molecule has 0 unspecified atom stereocenters. The summed E-state index contributed by atoms with van der Waals surface area (Å²) in [5, 5.41) is 7.09. The maximum atomic E-state index is 4.80.